The molecule has 82 valence electrons. The van der Waals surface area contributed by atoms with Crippen LogP contribution in [-0.4, -0.2) is 24.7 Å². The number of rotatable bonds is 5. The molecule has 0 heterocycles. The van der Waals surface area contributed by atoms with Crippen molar-refractivity contribution in [2.24, 2.45) is 0 Å². The zero-order chi connectivity index (χ0) is 11.3. The molecule has 0 saturated heterocycles. The SMILES string of the molecule is COc1ccc(Br)c(CNCC(=O)O)c1. The van der Waals surface area contributed by atoms with Gasteiger partial charge in [0.05, 0.1) is 13.7 Å². The zero-order valence-corrected chi connectivity index (χ0v) is 9.87. The minimum atomic E-state index is -0.867. The molecule has 1 rings (SSSR count). The third kappa shape index (κ3) is 3.89. The number of carboxylic acid groups (broad SMARTS) is 1. The highest BCUT2D eigenvalue weighted by molar-refractivity contribution is 9.10. The summed E-state index contributed by atoms with van der Waals surface area (Å²) in [6, 6.07) is 5.57. The third-order valence-corrected chi connectivity index (χ3v) is 2.62. The Bertz CT molecular complexity index is 355. The molecular weight excluding hydrogens is 262 g/mol. The van der Waals surface area contributed by atoms with Gasteiger partial charge in [0, 0.05) is 11.0 Å². The predicted octanol–water partition coefficient (Wildman–Crippen LogP) is 1.63. The van der Waals surface area contributed by atoms with Crippen LogP contribution in [0.15, 0.2) is 22.7 Å². The van der Waals surface area contributed by atoms with Crippen LogP contribution >= 0.6 is 15.9 Å². The Morgan fingerprint density at radius 2 is 2.33 bits per heavy atom. The number of hydrogen-bond donors (Lipinski definition) is 2. The fraction of sp³-hybridized carbons (Fsp3) is 0.300. The molecule has 0 saturated carbocycles. The van der Waals surface area contributed by atoms with Gasteiger partial charge in [-0.25, -0.2) is 0 Å². The van der Waals surface area contributed by atoms with Crippen molar-refractivity contribution in [1.82, 2.24) is 5.32 Å². The molecule has 2 N–H and O–H groups in total. The number of carboxylic acids is 1. The second-order valence-electron chi connectivity index (χ2n) is 2.95. The molecule has 5 heteroatoms. The summed E-state index contributed by atoms with van der Waals surface area (Å²) < 4.78 is 6.00. The lowest BCUT2D eigenvalue weighted by atomic mass is 10.2. The molecule has 0 aliphatic carbocycles. The smallest absolute Gasteiger partial charge is 0.317 e. The Morgan fingerprint density at radius 1 is 1.60 bits per heavy atom. The van der Waals surface area contributed by atoms with E-state index in [1.54, 1.807) is 7.11 Å². The molecule has 0 radical (unpaired) electrons. The van der Waals surface area contributed by atoms with Crippen LogP contribution in [-0.2, 0) is 11.3 Å². The molecule has 1 aromatic carbocycles. The summed E-state index contributed by atoms with van der Waals surface area (Å²) in [5.74, 6) is -0.112. The first-order valence-electron chi connectivity index (χ1n) is 4.38. The van der Waals surface area contributed by atoms with Crippen LogP contribution in [0.5, 0.6) is 5.75 Å². The summed E-state index contributed by atoms with van der Waals surface area (Å²) in [6.07, 6.45) is 0. The quantitative estimate of drug-likeness (QED) is 0.856. The molecule has 4 nitrogen and oxygen atoms in total. The highest BCUT2D eigenvalue weighted by atomic mass is 79.9. The van der Waals surface area contributed by atoms with E-state index in [0.29, 0.717) is 6.54 Å². The number of carbonyl (C=O) groups is 1. The molecule has 0 amide bonds. The molecule has 0 atom stereocenters. The van der Waals surface area contributed by atoms with E-state index in [4.69, 9.17) is 9.84 Å². The first-order valence-corrected chi connectivity index (χ1v) is 5.17. The normalized spacial score (nSPS) is 10.0. The summed E-state index contributed by atoms with van der Waals surface area (Å²) in [5, 5.41) is 11.3. The minimum absolute atomic E-state index is 0.0519. The van der Waals surface area contributed by atoms with E-state index >= 15 is 0 Å². The number of aliphatic carboxylic acids is 1. The number of hydrogen-bond acceptors (Lipinski definition) is 3. The van der Waals surface area contributed by atoms with Crippen LogP contribution in [0.4, 0.5) is 0 Å². The molecule has 0 aliphatic rings. The molecule has 1 aromatic rings. The summed E-state index contributed by atoms with van der Waals surface area (Å²) in [7, 11) is 1.59. The van der Waals surface area contributed by atoms with Crippen molar-refractivity contribution < 1.29 is 14.6 Å². The van der Waals surface area contributed by atoms with E-state index < -0.39 is 5.97 Å². The second kappa shape index (κ2) is 5.72. The molecule has 0 fully saturated rings. The number of benzene rings is 1. The topological polar surface area (TPSA) is 58.6 Å². The second-order valence-corrected chi connectivity index (χ2v) is 3.81. The van der Waals surface area contributed by atoms with Gasteiger partial charge in [-0.2, -0.15) is 0 Å². The molecule has 15 heavy (non-hydrogen) atoms. The van der Waals surface area contributed by atoms with Gasteiger partial charge in [-0.05, 0) is 23.8 Å². The largest absolute Gasteiger partial charge is 0.497 e. The van der Waals surface area contributed by atoms with Crippen molar-refractivity contribution in [3.05, 3.63) is 28.2 Å². The van der Waals surface area contributed by atoms with Crippen molar-refractivity contribution in [2.75, 3.05) is 13.7 Å². The Labute approximate surface area is 96.4 Å². The van der Waals surface area contributed by atoms with Gasteiger partial charge < -0.3 is 15.2 Å². The van der Waals surface area contributed by atoms with Gasteiger partial charge in [-0.1, -0.05) is 15.9 Å². The van der Waals surface area contributed by atoms with Crippen molar-refractivity contribution in [1.29, 1.82) is 0 Å². The lowest BCUT2D eigenvalue weighted by Crippen LogP contribution is -2.22. The summed E-state index contributed by atoms with van der Waals surface area (Å²) in [6.45, 7) is 0.438. The number of nitrogens with one attached hydrogen (secondary N) is 1. The average molecular weight is 274 g/mol. The van der Waals surface area contributed by atoms with E-state index in [1.807, 2.05) is 18.2 Å². The Morgan fingerprint density at radius 3 is 2.93 bits per heavy atom. The van der Waals surface area contributed by atoms with E-state index in [9.17, 15) is 4.79 Å². The molecule has 0 unspecified atom stereocenters. The van der Waals surface area contributed by atoms with Crippen LogP contribution in [0, 0.1) is 0 Å². The van der Waals surface area contributed by atoms with E-state index in [1.165, 1.54) is 0 Å². The van der Waals surface area contributed by atoms with Gasteiger partial charge in [-0.3, -0.25) is 4.79 Å². The standard InChI is InChI=1S/C10H12BrNO3/c1-15-8-2-3-9(11)7(4-8)5-12-6-10(13)14/h2-4,12H,5-6H2,1H3,(H,13,14). The van der Waals surface area contributed by atoms with Gasteiger partial charge in [0.25, 0.3) is 0 Å². The zero-order valence-electron chi connectivity index (χ0n) is 8.29. The highest BCUT2D eigenvalue weighted by Gasteiger charge is 2.02. The van der Waals surface area contributed by atoms with Gasteiger partial charge >= 0.3 is 5.97 Å². The monoisotopic (exact) mass is 273 g/mol. The first-order chi connectivity index (χ1) is 7.13. The van der Waals surface area contributed by atoms with Gasteiger partial charge in [-0.15, -0.1) is 0 Å². The predicted molar refractivity (Wildman–Crippen MR) is 60.0 cm³/mol. The third-order valence-electron chi connectivity index (χ3n) is 1.84. The van der Waals surface area contributed by atoms with Crippen LogP contribution in [0.3, 0.4) is 0 Å². The van der Waals surface area contributed by atoms with Crippen LogP contribution in [0.1, 0.15) is 5.56 Å². The average Bonchev–Trinajstić information content (AvgIpc) is 2.20. The summed E-state index contributed by atoms with van der Waals surface area (Å²) in [4.78, 5) is 10.3. The molecule has 0 aromatic heterocycles. The van der Waals surface area contributed by atoms with Crippen LogP contribution in [0.2, 0.25) is 0 Å². The van der Waals surface area contributed by atoms with Crippen molar-refractivity contribution in [2.45, 2.75) is 6.54 Å². The maximum absolute atomic E-state index is 10.3. The summed E-state index contributed by atoms with van der Waals surface area (Å²) >= 11 is 3.38. The van der Waals surface area contributed by atoms with Gasteiger partial charge in [0.1, 0.15) is 5.75 Å². The number of halogens is 1. The highest BCUT2D eigenvalue weighted by Crippen LogP contribution is 2.22. The lowest BCUT2D eigenvalue weighted by Gasteiger charge is -2.07. The molecule has 0 spiro atoms. The Hall–Kier alpha value is -1.07. The van der Waals surface area contributed by atoms with Crippen molar-refractivity contribution in [3.63, 3.8) is 0 Å². The van der Waals surface area contributed by atoms with E-state index in [0.717, 1.165) is 15.8 Å². The number of methoxy groups -OCH3 is 1. The fourth-order valence-electron chi connectivity index (χ4n) is 1.12. The molecule has 0 aliphatic heterocycles. The number of ether oxygens (including phenoxy) is 1. The maximum Gasteiger partial charge on any atom is 0.317 e. The van der Waals surface area contributed by atoms with Gasteiger partial charge in [0.2, 0.25) is 0 Å². The Balaban J connectivity index is 2.62. The van der Waals surface area contributed by atoms with E-state index in [-0.39, 0.29) is 6.54 Å². The van der Waals surface area contributed by atoms with Crippen LogP contribution < -0.4 is 10.1 Å². The lowest BCUT2D eigenvalue weighted by molar-refractivity contribution is -0.135. The van der Waals surface area contributed by atoms with E-state index in [2.05, 4.69) is 21.2 Å². The van der Waals surface area contributed by atoms with Crippen molar-refractivity contribution in [3.8, 4) is 5.75 Å². The minimum Gasteiger partial charge on any atom is -0.497 e. The maximum atomic E-state index is 10.3. The van der Waals surface area contributed by atoms with Crippen molar-refractivity contribution >= 4 is 21.9 Å². The fourth-order valence-corrected chi connectivity index (χ4v) is 1.50. The molecule has 0 bridgehead atoms. The molecular formula is C10H12BrNO3. The van der Waals surface area contributed by atoms with Gasteiger partial charge in [0.15, 0.2) is 0 Å². The summed E-state index contributed by atoms with van der Waals surface area (Å²) in [5.41, 5.74) is 0.968. The van der Waals surface area contributed by atoms with Crippen LogP contribution in [0.25, 0.3) is 0 Å². The Kier molecular flexibility index (Phi) is 4.58. The first kappa shape index (κ1) is 12.0.